The average molecular weight is 601 g/mol. The second-order valence-electron chi connectivity index (χ2n) is 11.9. The number of ether oxygens (including phenoxy) is 1. The standard InChI is InChI=1S/C26H47ClF2N4O5S/c1-15(27)17(21-19(35)18(34)20(36)22(38-21)39-5)33-23(37)25(13-30)10-8-16(9-12-32-25)7-6-11-31-14-26(28,29)24(2,3)4/h13,15-22,30-32,34-36H,6-12,14H2,1-5H3,(H,33,37)/t15-,16-,17+,18?,19?,20+,21+,22?,25?/m0/s1. The number of hydrogen-bond acceptors (Lipinski definition) is 9. The number of aliphatic hydroxyl groups excluding tert-OH is 3. The van der Waals surface area contributed by atoms with E-state index in [1.54, 1.807) is 13.2 Å². The number of amides is 1. The number of aliphatic hydroxyl groups is 3. The van der Waals surface area contributed by atoms with E-state index in [-0.39, 0.29) is 12.5 Å². The van der Waals surface area contributed by atoms with Gasteiger partial charge in [-0.05, 0) is 64.3 Å². The topological polar surface area (TPSA) is 147 Å². The first kappa shape index (κ1) is 34.6. The molecule has 2 aliphatic rings. The van der Waals surface area contributed by atoms with Gasteiger partial charge in [-0.15, -0.1) is 23.4 Å². The first-order valence-electron chi connectivity index (χ1n) is 13.6. The van der Waals surface area contributed by atoms with Gasteiger partial charge in [-0.1, -0.05) is 20.8 Å². The van der Waals surface area contributed by atoms with Crippen LogP contribution in [0.1, 0.15) is 59.8 Å². The Hall–Kier alpha value is -0.600. The van der Waals surface area contributed by atoms with Crippen molar-refractivity contribution in [3.63, 3.8) is 0 Å². The van der Waals surface area contributed by atoms with E-state index >= 15 is 0 Å². The Morgan fingerprint density at radius 1 is 1.26 bits per heavy atom. The van der Waals surface area contributed by atoms with Crippen LogP contribution in [0.5, 0.6) is 0 Å². The second kappa shape index (κ2) is 14.5. The molecule has 9 atom stereocenters. The zero-order chi connectivity index (χ0) is 29.6. The molecule has 2 fully saturated rings. The Labute approximate surface area is 240 Å². The minimum atomic E-state index is -2.80. The quantitative estimate of drug-likeness (QED) is 0.102. The molecule has 0 aliphatic carbocycles. The molecule has 0 radical (unpaired) electrons. The molecule has 228 valence electrons. The van der Waals surface area contributed by atoms with Crippen LogP contribution in [0.25, 0.3) is 0 Å². The van der Waals surface area contributed by atoms with Crippen LogP contribution in [0.3, 0.4) is 0 Å². The van der Waals surface area contributed by atoms with Gasteiger partial charge in [0.2, 0.25) is 5.91 Å². The summed E-state index contributed by atoms with van der Waals surface area (Å²) in [4.78, 5) is 13.5. The summed E-state index contributed by atoms with van der Waals surface area (Å²) in [5.41, 5.74) is -3.21. The largest absolute Gasteiger partial charge is 0.388 e. The number of hydrogen-bond donors (Lipinski definition) is 7. The van der Waals surface area contributed by atoms with Gasteiger partial charge in [0.15, 0.2) is 0 Å². The summed E-state index contributed by atoms with van der Waals surface area (Å²) in [6.07, 6.45) is 0.786. The zero-order valence-corrected chi connectivity index (χ0v) is 25.1. The predicted octanol–water partition coefficient (Wildman–Crippen LogP) is 2.10. The van der Waals surface area contributed by atoms with Gasteiger partial charge in [-0.2, -0.15) is 0 Å². The number of rotatable bonds is 12. The van der Waals surface area contributed by atoms with Crippen molar-refractivity contribution < 1.29 is 33.6 Å². The Morgan fingerprint density at radius 3 is 2.49 bits per heavy atom. The van der Waals surface area contributed by atoms with E-state index in [0.29, 0.717) is 25.9 Å². The Kier molecular flexibility index (Phi) is 12.9. The van der Waals surface area contributed by atoms with Crippen LogP contribution in [0.15, 0.2) is 0 Å². The van der Waals surface area contributed by atoms with Gasteiger partial charge < -0.3 is 36.1 Å². The molecule has 39 heavy (non-hydrogen) atoms. The van der Waals surface area contributed by atoms with Crippen molar-refractivity contribution >= 4 is 35.5 Å². The Morgan fingerprint density at radius 2 is 1.92 bits per heavy atom. The smallest absolute Gasteiger partial charge is 0.265 e. The van der Waals surface area contributed by atoms with Gasteiger partial charge in [0.25, 0.3) is 5.92 Å². The summed E-state index contributed by atoms with van der Waals surface area (Å²) >= 11 is 7.56. The molecule has 2 saturated heterocycles. The molecule has 2 rings (SSSR count). The number of thioether (sulfide) groups is 1. The van der Waals surface area contributed by atoms with Crippen LogP contribution in [-0.2, 0) is 9.53 Å². The zero-order valence-electron chi connectivity index (χ0n) is 23.6. The lowest BCUT2D eigenvalue weighted by Gasteiger charge is -2.44. The highest BCUT2D eigenvalue weighted by Gasteiger charge is 2.49. The molecule has 2 heterocycles. The van der Waals surface area contributed by atoms with E-state index in [4.69, 9.17) is 21.7 Å². The minimum absolute atomic E-state index is 0.266. The van der Waals surface area contributed by atoms with E-state index in [0.717, 1.165) is 25.5 Å². The van der Waals surface area contributed by atoms with Crippen molar-refractivity contribution in [2.75, 3.05) is 25.9 Å². The highest BCUT2D eigenvalue weighted by atomic mass is 35.5. The summed E-state index contributed by atoms with van der Waals surface area (Å²) in [5.74, 6) is -3.03. The first-order valence-corrected chi connectivity index (χ1v) is 15.4. The van der Waals surface area contributed by atoms with Crippen molar-refractivity contribution in [1.82, 2.24) is 16.0 Å². The third-order valence-electron chi connectivity index (χ3n) is 7.99. The molecule has 0 aromatic heterocycles. The van der Waals surface area contributed by atoms with Gasteiger partial charge in [0, 0.05) is 11.6 Å². The van der Waals surface area contributed by atoms with Crippen LogP contribution in [-0.4, -0.2) is 106 Å². The van der Waals surface area contributed by atoms with Crippen LogP contribution in [0.4, 0.5) is 8.78 Å². The lowest BCUT2D eigenvalue weighted by molar-refractivity contribution is -0.205. The van der Waals surface area contributed by atoms with Crippen LogP contribution in [0, 0.1) is 16.7 Å². The predicted molar refractivity (Wildman–Crippen MR) is 151 cm³/mol. The maximum absolute atomic E-state index is 14.1. The lowest BCUT2D eigenvalue weighted by atomic mass is 9.87. The SMILES string of the molecule is CSC1O[C@H]([C@H](NC(=O)C2(C=N)CC[C@H](CCCNCC(F)(F)C(C)(C)C)CCN2)[C@H](C)Cl)C(O)C(O)[C@H]1O. The van der Waals surface area contributed by atoms with Crippen LogP contribution in [0.2, 0.25) is 0 Å². The monoisotopic (exact) mass is 600 g/mol. The molecular weight excluding hydrogens is 554 g/mol. The fraction of sp³-hybridized carbons (Fsp3) is 0.923. The summed E-state index contributed by atoms with van der Waals surface area (Å²) in [6.45, 7) is 6.80. The van der Waals surface area contributed by atoms with Crippen LogP contribution < -0.4 is 16.0 Å². The van der Waals surface area contributed by atoms with Gasteiger partial charge in [0.05, 0.1) is 18.0 Å². The Bertz CT molecular complexity index is 807. The van der Waals surface area contributed by atoms with Crippen molar-refractivity contribution in [3.05, 3.63) is 0 Å². The van der Waals surface area contributed by atoms with E-state index in [9.17, 15) is 28.9 Å². The van der Waals surface area contributed by atoms with Gasteiger partial charge in [-0.25, -0.2) is 8.78 Å². The third kappa shape index (κ3) is 8.70. The third-order valence-corrected chi connectivity index (χ3v) is 9.11. The molecule has 1 amide bonds. The molecule has 0 spiro atoms. The van der Waals surface area contributed by atoms with E-state index in [1.807, 2.05) is 0 Å². The lowest BCUT2D eigenvalue weighted by Crippen LogP contribution is -2.67. The van der Waals surface area contributed by atoms with E-state index in [2.05, 4.69) is 16.0 Å². The summed E-state index contributed by atoms with van der Waals surface area (Å²) < 4.78 is 34.1. The fourth-order valence-corrected chi connectivity index (χ4v) is 5.85. The molecule has 0 aromatic carbocycles. The van der Waals surface area contributed by atoms with Gasteiger partial charge in [-0.3, -0.25) is 10.1 Å². The number of halogens is 3. The summed E-state index contributed by atoms with van der Waals surface area (Å²) in [5, 5.41) is 47.4. The number of carbonyl (C=O) groups excluding carboxylic acids is 1. The maximum Gasteiger partial charge on any atom is 0.265 e. The normalized spacial score (nSPS) is 34.1. The first-order chi connectivity index (χ1) is 18.1. The Balaban J connectivity index is 1.97. The van der Waals surface area contributed by atoms with Crippen molar-refractivity contribution in [2.24, 2.45) is 11.3 Å². The number of alkyl halides is 3. The molecule has 9 nitrogen and oxygen atoms in total. The molecule has 0 bridgehead atoms. The van der Waals surface area contributed by atoms with Crippen LogP contribution >= 0.6 is 23.4 Å². The number of carbonyl (C=O) groups is 1. The summed E-state index contributed by atoms with van der Waals surface area (Å²) in [6, 6.07) is -0.902. The molecule has 2 aliphatic heterocycles. The van der Waals surface area contributed by atoms with E-state index in [1.165, 1.54) is 32.5 Å². The van der Waals surface area contributed by atoms with Crippen molar-refractivity contribution in [2.45, 2.75) is 113 Å². The molecule has 4 unspecified atom stereocenters. The highest BCUT2D eigenvalue weighted by Crippen LogP contribution is 2.35. The molecule has 0 aromatic rings. The average Bonchev–Trinajstić information content (AvgIpc) is 3.08. The molecule has 13 heteroatoms. The summed E-state index contributed by atoms with van der Waals surface area (Å²) in [7, 11) is 0. The van der Waals surface area contributed by atoms with Crippen molar-refractivity contribution in [1.29, 1.82) is 5.41 Å². The molecular formula is C26H47ClF2N4O5S. The van der Waals surface area contributed by atoms with E-state index < -0.39 is 64.1 Å². The van der Waals surface area contributed by atoms with Gasteiger partial charge >= 0.3 is 0 Å². The number of nitrogens with one attached hydrogen (secondary N) is 4. The minimum Gasteiger partial charge on any atom is -0.388 e. The van der Waals surface area contributed by atoms with Crippen molar-refractivity contribution in [3.8, 4) is 0 Å². The fourth-order valence-electron chi connectivity index (χ4n) is 4.97. The van der Waals surface area contributed by atoms with Gasteiger partial charge in [0.1, 0.15) is 35.4 Å². The maximum atomic E-state index is 14.1. The highest BCUT2D eigenvalue weighted by molar-refractivity contribution is 7.99. The second-order valence-corrected chi connectivity index (χ2v) is 13.5. The molecule has 0 saturated carbocycles. The molecule has 7 N–H and O–H groups in total.